The molecule has 2 nitrogen and oxygen atoms in total. The van der Waals surface area contributed by atoms with Crippen molar-refractivity contribution in [1.82, 2.24) is 0 Å². The highest BCUT2D eigenvalue weighted by atomic mass is 16.5. The van der Waals surface area contributed by atoms with Gasteiger partial charge in [-0.25, -0.2) is 0 Å². The van der Waals surface area contributed by atoms with Crippen molar-refractivity contribution in [3.05, 3.63) is 35.2 Å². The van der Waals surface area contributed by atoms with E-state index in [9.17, 15) is 5.11 Å². The van der Waals surface area contributed by atoms with Gasteiger partial charge in [0.1, 0.15) is 5.75 Å². The number of rotatable bonds is 5. The number of para-hydroxylation sites is 1. The molecule has 2 heteroatoms. The molecule has 0 aliphatic carbocycles. The molecule has 16 heavy (non-hydrogen) atoms. The van der Waals surface area contributed by atoms with Crippen LogP contribution in [-0.2, 0) is 0 Å². The molecule has 0 aliphatic rings. The second kappa shape index (κ2) is 5.90. The first-order valence-corrected chi connectivity index (χ1v) is 5.81. The van der Waals surface area contributed by atoms with Crippen molar-refractivity contribution in [3.63, 3.8) is 0 Å². The van der Waals surface area contributed by atoms with Gasteiger partial charge in [-0.05, 0) is 18.4 Å². The number of aliphatic hydroxyl groups excluding tert-OH is 1. The van der Waals surface area contributed by atoms with Crippen LogP contribution >= 0.6 is 0 Å². The van der Waals surface area contributed by atoms with Gasteiger partial charge >= 0.3 is 0 Å². The molecule has 0 saturated carbocycles. The highest BCUT2D eigenvalue weighted by Gasteiger charge is 2.16. The lowest BCUT2D eigenvalue weighted by atomic mass is 9.93. The lowest BCUT2D eigenvalue weighted by Gasteiger charge is -2.19. The molecular formula is C14H21O2. The van der Waals surface area contributed by atoms with Crippen LogP contribution in [0.1, 0.15) is 44.7 Å². The van der Waals surface area contributed by atoms with Gasteiger partial charge in [-0.2, -0.15) is 0 Å². The molecule has 89 valence electrons. The highest BCUT2D eigenvalue weighted by molar-refractivity contribution is 5.49. The molecule has 0 fully saturated rings. The topological polar surface area (TPSA) is 29.5 Å². The van der Waals surface area contributed by atoms with E-state index in [4.69, 9.17) is 4.74 Å². The molecule has 1 aromatic carbocycles. The fraction of sp³-hybridized carbons (Fsp3) is 0.500. The molecule has 1 aromatic rings. The molecule has 1 N–H and O–H groups in total. The second-order valence-corrected chi connectivity index (χ2v) is 4.25. The lowest BCUT2D eigenvalue weighted by Crippen LogP contribution is -2.07. The van der Waals surface area contributed by atoms with Gasteiger partial charge in [0, 0.05) is 11.5 Å². The molecule has 0 aliphatic heterocycles. The van der Waals surface area contributed by atoms with Gasteiger partial charge in [-0.3, -0.25) is 0 Å². The van der Waals surface area contributed by atoms with Crippen molar-refractivity contribution >= 4 is 0 Å². The third-order valence-corrected chi connectivity index (χ3v) is 2.65. The van der Waals surface area contributed by atoms with Crippen LogP contribution in [0.15, 0.2) is 18.2 Å². The van der Waals surface area contributed by atoms with E-state index < -0.39 is 0 Å². The molecule has 0 atom stereocenters. The van der Waals surface area contributed by atoms with Gasteiger partial charge in [0.05, 0.1) is 13.2 Å². The minimum absolute atomic E-state index is 0.0711. The lowest BCUT2D eigenvalue weighted by molar-refractivity contribution is 0.306. The average molecular weight is 221 g/mol. The van der Waals surface area contributed by atoms with Crippen molar-refractivity contribution in [2.24, 2.45) is 0 Å². The van der Waals surface area contributed by atoms with Crippen LogP contribution in [-0.4, -0.2) is 18.3 Å². The standard InChI is InChI=1S/C14H21O2/c1-5-16-14-12(10(2)3)7-6-8-13(14)11(4)9-15/h6-8,10,15H,5,9H2,1-4H3. The third-order valence-electron chi connectivity index (χ3n) is 2.65. The predicted molar refractivity (Wildman–Crippen MR) is 66.8 cm³/mol. The van der Waals surface area contributed by atoms with E-state index in [1.54, 1.807) is 0 Å². The summed E-state index contributed by atoms with van der Waals surface area (Å²) < 4.78 is 5.72. The molecule has 1 radical (unpaired) electrons. The summed E-state index contributed by atoms with van der Waals surface area (Å²) >= 11 is 0. The first kappa shape index (κ1) is 13.0. The molecule has 1 rings (SSSR count). The molecule has 0 heterocycles. The van der Waals surface area contributed by atoms with E-state index in [-0.39, 0.29) is 6.61 Å². The summed E-state index contributed by atoms with van der Waals surface area (Å²) in [5, 5.41) is 9.22. The summed E-state index contributed by atoms with van der Waals surface area (Å²) in [6.45, 7) is 8.93. The Morgan fingerprint density at radius 2 is 2.06 bits per heavy atom. The summed E-state index contributed by atoms with van der Waals surface area (Å²) in [4.78, 5) is 0. The normalized spacial score (nSPS) is 11.2. The van der Waals surface area contributed by atoms with E-state index in [0.717, 1.165) is 17.2 Å². The molecular weight excluding hydrogens is 200 g/mol. The van der Waals surface area contributed by atoms with Gasteiger partial charge in [-0.15, -0.1) is 0 Å². The Morgan fingerprint density at radius 3 is 2.56 bits per heavy atom. The van der Waals surface area contributed by atoms with Crippen molar-refractivity contribution in [2.45, 2.75) is 33.6 Å². The minimum Gasteiger partial charge on any atom is -0.493 e. The average Bonchev–Trinajstić information content (AvgIpc) is 2.28. The summed E-state index contributed by atoms with van der Waals surface area (Å²) in [6.07, 6.45) is 0. The molecule has 0 unspecified atom stereocenters. The van der Waals surface area contributed by atoms with Gasteiger partial charge in [-0.1, -0.05) is 39.0 Å². The van der Waals surface area contributed by atoms with Crippen LogP contribution in [0.25, 0.3) is 0 Å². The van der Waals surface area contributed by atoms with Crippen LogP contribution < -0.4 is 4.74 Å². The quantitative estimate of drug-likeness (QED) is 0.827. The van der Waals surface area contributed by atoms with E-state index in [1.807, 2.05) is 26.0 Å². The van der Waals surface area contributed by atoms with Crippen LogP contribution in [0.2, 0.25) is 0 Å². The monoisotopic (exact) mass is 221 g/mol. The van der Waals surface area contributed by atoms with E-state index in [0.29, 0.717) is 12.5 Å². The Bertz CT molecular complexity index is 332. The zero-order chi connectivity index (χ0) is 12.1. The van der Waals surface area contributed by atoms with E-state index in [2.05, 4.69) is 19.9 Å². The highest BCUT2D eigenvalue weighted by Crippen LogP contribution is 2.33. The number of aliphatic hydroxyl groups is 1. The van der Waals surface area contributed by atoms with Crippen molar-refractivity contribution in [1.29, 1.82) is 0 Å². The van der Waals surface area contributed by atoms with Crippen LogP contribution in [0.3, 0.4) is 0 Å². The Morgan fingerprint density at radius 1 is 1.38 bits per heavy atom. The van der Waals surface area contributed by atoms with Crippen LogP contribution in [0.4, 0.5) is 0 Å². The largest absolute Gasteiger partial charge is 0.493 e. The SMILES string of the molecule is CCOc1c([C](C)CO)cccc1C(C)C. The summed E-state index contributed by atoms with van der Waals surface area (Å²) in [7, 11) is 0. The van der Waals surface area contributed by atoms with E-state index >= 15 is 0 Å². The summed E-state index contributed by atoms with van der Waals surface area (Å²) in [6, 6.07) is 6.11. The first-order valence-electron chi connectivity index (χ1n) is 5.81. The Balaban J connectivity index is 3.20. The summed E-state index contributed by atoms with van der Waals surface area (Å²) in [5.74, 6) is 2.30. The molecule has 0 saturated heterocycles. The third kappa shape index (κ3) is 2.76. The maximum absolute atomic E-state index is 9.22. The smallest absolute Gasteiger partial charge is 0.126 e. The predicted octanol–water partition coefficient (Wildman–Crippen LogP) is 3.14. The zero-order valence-electron chi connectivity index (χ0n) is 10.6. The molecule has 0 spiro atoms. The number of ether oxygens (including phenoxy) is 1. The number of hydrogen-bond acceptors (Lipinski definition) is 2. The summed E-state index contributed by atoms with van der Waals surface area (Å²) in [5.41, 5.74) is 2.22. The Labute approximate surface area is 98.3 Å². The minimum atomic E-state index is 0.0711. The maximum Gasteiger partial charge on any atom is 0.126 e. The fourth-order valence-corrected chi connectivity index (χ4v) is 1.74. The van der Waals surface area contributed by atoms with Crippen molar-refractivity contribution in [2.75, 3.05) is 13.2 Å². The van der Waals surface area contributed by atoms with Gasteiger partial charge in [0.25, 0.3) is 0 Å². The maximum atomic E-state index is 9.22. The van der Waals surface area contributed by atoms with Crippen LogP contribution in [0.5, 0.6) is 5.75 Å². The molecule has 0 aromatic heterocycles. The van der Waals surface area contributed by atoms with Crippen molar-refractivity contribution < 1.29 is 9.84 Å². The fourth-order valence-electron chi connectivity index (χ4n) is 1.74. The second-order valence-electron chi connectivity index (χ2n) is 4.25. The Hall–Kier alpha value is -1.02. The number of benzene rings is 1. The van der Waals surface area contributed by atoms with E-state index in [1.165, 1.54) is 5.56 Å². The van der Waals surface area contributed by atoms with Crippen molar-refractivity contribution in [3.8, 4) is 5.75 Å². The van der Waals surface area contributed by atoms with Gasteiger partial charge < -0.3 is 9.84 Å². The number of hydrogen-bond donors (Lipinski definition) is 1. The van der Waals surface area contributed by atoms with Crippen LogP contribution in [0, 0.1) is 5.92 Å². The van der Waals surface area contributed by atoms with Gasteiger partial charge in [0.2, 0.25) is 0 Å². The Kier molecular flexibility index (Phi) is 4.81. The molecule has 0 bridgehead atoms. The molecule has 0 amide bonds. The van der Waals surface area contributed by atoms with Gasteiger partial charge in [0.15, 0.2) is 0 Å². The first-order chi connectivity index (χ1) is 7.61. The zero-order valence-corrected chi connectivity index (χ0v) is 10.6.